The summed E-state index contributed by atoms with van der Waals surface area (Å²) in [4.78, 5) is 0. The topological polar surface area (TPSA) is 26.0 Å². The molecule has 2 rings (SSSR count). The van der Waals surface area contributed by atoms with E-state index in [1.54, 1.807) is 0 Å². The van der Waals surface area contributed by atoms with Crippen LogP contribution in [0, 0.1) is 0 Å². The highest BCUT2D eigenvalue weighted by Crippen LogP contribution is 2.29. The van der Waals surface area contributed by atoms with Gasteiger partial charge in [0.05, 0.1) is 0 Å². The van der Waals surface area contributed by atoms with Gasteiger partial charge in [0.1, 0.15) is 0 Å². The highest BCUT2D eigenvalue weighted by molar-refractivity contribution is 5.45. The fourth-order valence-electron chi connectivity index (χ4n) is 2.13. The van der Waals surface area contributed by atoms with Crippen LogP contribution in [0.15, 0.2) is 47.1 Å². The molecule has 0 amide bonds. The summed E-state index contributed by atoms with van der Waals surface area (Å²) in [6.45, 7) is 0.673. The van der Waals surface area contributed by atoms with Crippen molar-refractivity contribution in [3.63, 3.8) is 0 Å². The molecule has 2 aliphatic carbocycles. The van der Waals surface area contributed by atoms with E-state index in [9.17, 15) is 0 Å². The fraction of sp³-hybridized carbons (Fsp3) is 0.385. The van der Waals surface area contributed by atoms with E-state index in [0.29, 0.717) is 6.54 Å². The quantitative estimate of drug-likeness (QED) is 0.706. The Morgan fingerprint density at radius 3 is 2.71 bits per heavy atom. The van der Waals surface area contributed by atoms with E-state index in [4.69, 9.17) is 5.73 Å². The summed E-state index contributed by atoms with van der Waals surface area (Å²) < 4.78 is 0. The monoisotopic (exact) mass is 187 g/mol. The standard InChI is InChI=1S/C13H17N/c14-10-12-8-4-5-9-13(12)11-6-2-1-3-7-11/h1-2,4,6,8H,3,5,7,9-10,14H2. The minimum absolute atomic E-state index is 0.673. The van der Waals surface area contributed by atoms with Crippen molar-refractivity contribution in [1.29, 1.82) is 0 Å². The molecule has 0 heterocycles. The Labute approximate surface area is 85.7 Å². The molecule has 1 heteroatoms. The second-order valence-electron chi connectivity index (χ2n) is 3.81. The predicted molar refractivity (Wildman–Crippen MR) is 60.9 cm³/mol. The molecule has 0 aromatic rings. The number of allylic oxidation sites excluding steroid dienone is 6. The molecule has 0 bridgehead atoms. The molecule has 0 unspecified atom stereocenters. The second kappa shape index (κ2) is 4.43. The first-order chi connectivity index (χ1) is 6.92. The molecule has 0 saturated heterocycles. The van der Waals surface area contributed by atoms with Crippen LogP contribution in [-0.2, 0) is 0 Å². The van der Waals surface area contributed by atoms with Gasteiger partial charge >= 0.3 is 0 Å². The molecular weight excluding hydrogens is 170 g/mol. The van der Waals surface area contributed by atoms with Crippen molar-refractivity contribution in [2.24, 2.45) is 5.73 Å². The van der Waals surface area contributed by atoms with Crippen molar-refractivity contribution in [3.05, 3.63) is 47.1 Å². The van der Waals surface area contributed by atoms with Crippen LogP contribution in [0.4, 0.5) is 0 Å². The van der Waals surface area contributed by atoms with E-state index < -0.39 is 0 Å². The SMILES string of the molecule is NCC1=C(C2=CC=CCC2)CCC=C1. The lowest BCUT2D eigenvalue weighted by atomic mass is 9.87. The van der Waals surface area contributed by atoms with Gasteiger partial charge in [-0.15, -0.1) is 0 Å². The Hall–Kier alpha value is -1.08. The fourth-order valence-corrected chi connectivity index (χ4v) is 2.13. The first-order valence-corrected chi connectivity index (χ1v) is 5.36. The molecule has 0 atom stereocenters. The molecule has 0 fully saturated rings. The summed E-state index contributed by atoms with van der Waals surface area (Å²) in [7, 11) is 0. The van der Waals surface area contributed by atoms with E-state index in [2.05, 4.69) is 30.4 Å². The molecule has 0 aromatic carbocycles. The van der Waals surface area contributed by atoms with Crippen LogP contribution in [0.3, 0.4) is 0 Å². The van der Waals surface area contributed by atoms with Crippen LogP contribution in [-0.4, -0.2) is 6.54 Å². The van der Waals surface area contributed by atoms with Crippen LogP contribution in [0.5, 0.6) is 0 Å². The lowest BCUT2D eigenvalue weighted by molar-refractivity contribution is 0.875. The third kappa shape index (κ3) is 1.88. The van der Waals surface area contributed by atoms with E-state index in [-0.39, 0.29) is 0 Å². The molecule has 2 N–H and O–H groups in total. The third-order valence-electron chi connectivity index (χ3n) is 2.89. The van der Waals surface area contributed by atoms with Gasteiger partial charge in [0.2, 0.25) is 0 Å². The summed E-state index contributed by atoms with van der Waals surface area (Å²) >= 11 is 0. The molecule has 14 heavy (non-hydrogen) atoms. The van der Waals surface area contributed by atoms with Crippen molar-refractivity contribution in [1.82, 2.24) is 0 Å². The van der Waals surface area contributed by atoms with Crippen molar-refractivity contribution in [3.8, 4) is 0 Å². The summed E-state index contributed by atoms with van der Waals surface area (Å²) in [5.41, 5.74) is 10.1. The van der Waals surface area contributed by atoms with Gasteiger partial charge in [-0.2, -0.15) is 0 Å². The van der Waals surface area contributed by atoms with Crippen LogP contribution >= 0.6 is 0 Å². The van der Waals surface area contributed by atoms with Crippen LogP contribution < -0.4 is 5.73 Å². The molecule has 1 nitrogen and oxygen atoms in total. The zero-order chi connectivity index (χ0) is 9.80. The summed E-state index contributed by atoms with van der Waals surface area (Å²) in [6, 6.07) is 0. The predicted octanol–water partition coefficient (Wildman–Crippen LogP) is 2.87. The van der Waals surface area contributed by atoms with Gasteiger partial charge in [0.25, 0.3) is 0 Å². The minimum atomic E-state index is 0.673. The maximum Gasteiger partial charge on any atom is 0.0180 e. The number of hydrogen-bond donors (Lipinski definition) is 1. The van der Waals surface area contributed by atoms with Gasteiger partial charge in [-0.05, 0) is 42.4 Å². The number of hydrogen-bond acceptors (Lipinski definition) is 1. The van der Waals surface area contributed by atoms with Crippen molar-refractivity contribution in [2.45, 2.75) is 25.7 Å². The van der Waals surface area contributed by atoms with Crippen LogP contribution in [0.2, 0.25) is 0 Å². The summed E-state index contributed by atoms with van der Waals surface area (Å²) in [5, 5.41) is 0. The van der Waals surface area contributed by atoms with Crippen LogP contribution in [0.25, 0.3) is 0 Å². The van der Waals surface area contributed by atoms with E-state index in [0.717, 1.165) is 0 Å². The Kier molecular flexibility index (Phi) is 3.00. The average molecular weight is 187 g/mol. The van der Waals surface area contributed by atoms with E-state index in [1.807, 2.05) is 0 Å². The molecule has 0 saturated carbocycles. The lowest BCUT2D eigenvalue weighted by Crippen LogP contribution is -2.08. The Morgan fingerprint density at radius 1 is 1.14 bits per heavy atom. The molecule has 0 aliphatic heterocycles. The first kappa shape index (κ1) is 9.47. The summed E-state index contributed by atoms with van der Waals surface area (Å²) in [6.07, 6.45) is 15.8. The maximum absolute atomic E-state index is 5.75. The molecular formula is C13H17N. The first-order valence-electron chi connectivity index (χ1n) is 5.36. The number of rotatable bonds is 2. The zero-order valence-electron chi connectivity index (χ0n) is 8.50. The van der Waals surface area contributed by atoms with E-state index >= 15 is 0 Å². The van der Waals surface area contributed by atoms with Gasteiger partial charge in [-0.3, -0.25) is 0 Å². The largest absolute Gasteiger partial charge is 0.326 e. The number of nitrogens with two attached hydrogens (primary N) is 1. The average Bonchev–Trinajstić information content (AvgIpc) is 2.30. The van der Waals surface area contributed by atoms with Gasteiger partial charge in [-0.1, -0.05) is 30.4 Å². The zero-order valence-corrected chi connectivity index (χ0v) is 8.50. The van der Waals surface area contributed by atoms with Gasteiger partial charge < -0.3 is 5.73 Å². The van der Waals surface area contributed by atoms with Gasteiger partial charge in [-0.25, -0.2) is 0 Å². The summed E-state index contributed by atoms with van der Waals surface area (Å²) in [5.74, 6) is 0. The highest BCUT2D eigenvalue weighted by Gasteiger charge is 2.12. The van der Waals surface area contributed by atoms with Gasteiger partial charge in [0, 0.05) is 6.54 Å². The second-order valence-corrected chi connectivity index (χ2v) is 3.81. The molecule has 0 radical (unpaired) electrons. The van der Waals surface area contributed by atoms with Crippen molar-refractivity contribution in [2.75, 3.05) is 6.54 Å². The Morgan fingerprint density at radius 2 is 2.00 bits per heavy atom. The lowest BCUT2D eigenvalue weighted by Gasteiger charge is -2.19. The Balaban J connectivity index is 2.30. The molecule has 0 aromatic heterocycles. The molecule has 0 spiro atoms. The van der Waals surface area contributed by atoms with E-state index in [1.165, 1.54) is 42.4 Å². The molecule has 74 valence electrons. The van der Waals surface area contributed by atoms with Crippen LogP contribution in [0.1, 0.15) is 25.7 Å². The maximum atomic E-state index is 5.75. The van der Waals surface area contributed by atoms with Crippen molar-refractivity contribution < 1.29 is 0 Å². The highest BCUT2D eigenvalue weighted by atomic mass is 14.5. The molecule has 2 aliphatic rings. The van der Waals surface area contributed by atoms with Gasteiger partial charge in [0.15, 0.2) is 0 Å². The normalized spacial score (nSPS) is 21.4. The third-order valence-corrected chi connectivity index (χ3v) is 2.89. The minimum Gasteiger partial charge on any atom is -0.326 e. The van der Waals surface area contributed by atoms with Crippen molar-refractivity contribution >= 4 is 0 Å². The smallest absolute Gasteiger partial charge is 0.0180 e. The Bertz CT molecular complexity index is 329.